The van der Waals surface area contributed by atoms with Crippen molar-refractivity contribution in [2.45, 2.75) is 70.5 Å². The van der Waals surface area contributed by atoms with Gasteiger partial charge in [0.2, 0.25) is 5.91 Å². The van der Waals surface area contributed by atoms with Crippen molar-refractivity contribution in [1.29, 1.82) is 0 Å². The minimum atomic E-state index is 0.173. The second-order valence-electron chi connectivity index (χ2n) is 6.93. The predicted molar refractivity (Wildman–Crippen MR) is 82.4 cm³/mol. The first-order valence-electron chi connectivity index (χ1n) is 8.25. The molecule has 0 spiro atoms. The Balaban J connectivity index is 1.85. The van der Waals surface area contributed by atoms with E-state index in [0.29, 0.717) is 18.0 Å². The van der Waals surface area contributed by atoms with E-state index in [2.05, 4.69) is 18.7 Å². The summed E-state index contributed by atoms with van der Waals surface area (Å²) in [7, 11) is 2.00. The van der Waals surface area contributed by atoms with Crippen molar-refractivity contribution >= 4 is 5.91 Å². The Labute approximate surface area is 123 Å². The molecule has 2 rings (SSSR count). The van der Waals surface area contributed by atoms with Gasteiger partial charge in [0.25, 0.3) is 0 Å². The molecular weight excluding hydrogens is 250 g/mol. The maximum Gasteiger partial charge on any atom is 0.225 e. The number of carbonyl (C=O) groups is 1. The lowest BCUT2D eigenvalue weighted by Crippen LogP contribution is -2.49. The highest BCUT2D eigenvalue weighted by atomic mass is 16.2. The zero-order valence-corrected chi connectivity index (χ0v) is 13.3. The van der Waals surface area contributed by atoms with E-state index in [4.69, 9.17) is 5.73 Å². The van der Waals surface area contributed by atoms with Crippen LogP contribution in [0.1, 0.15) is 52.4 Å². The molecule has 0 aromatic rings. The van der Waals surface area contributed by atoms with E-state index in [1.54, 1.807) is 0 Å². The van der Waals surface area contributed by atoms with E-state index in [1.807, 2.05) is 11.9 Å². The Morgan fingerprint density at radius 3 is 2.40 bits per heavy atom. The van der Waals surface area contributed by atoms with Crippen LogP contribution in [0.2, 0.25) is 0 Å². The van der Waals surface area contributed by atoms with Crippen LogP contribution in [0.15, 0.2) is 0 Å². The van der Waals surface area contributed by atoms with Crippen LogP contribution in [0.5, 0.6) is 0 Å². The molecule has 1 aliphatic heterocycles. The molecule has 116 valence electrons. The van der Waals surface area contributed by atoms with Crippen LogP contribution in [0, 0.1) is 5.92 Å². The minimum Gasteiger partial charge on any atom is -0.342 e. The Morgan fingerprint density at radius 1 is 1.20 bits per heavy atom. The summed E-state index contributed by atoms with van der Waals surface area (Å²) in [6.07, 6.45) is 6.32. The van der Waals surface area contributed by atoms with Crippen molar-refractivity contribution in [3.8, 4) is 0 Å². The van der Waals surface area contributed by atoms with Crippen LogP contribution in [-0.2, 0) is 4.79 Å². The van der Waals surface area contributed by atoms with Crippen molar-refractivity contribution in [2.24, 2.45) is 11.7 Å². The average molecular weight is 281 g/mol. The highest BCUT2D eigenvalue weighted by Gasteiger charge is 2.32. The van der Waals surface area contributed by atoms with Crippen LogP contribution in [0.4, 0.5) is 0 Å². The Morgan fingerprint density at radius 2 is 1.85 bits per heavy atom. The lowest BCUT2D eigenvalue weighted by atomic mass is 9.85. The summed E-state index contributed by atoms with van der Waals surface area (Å²) in [5.41, 5.74) is 6.02. The van der Waals surface area contributed by atoms with Gasteiger partial charge in [-0.25, -0.2) is 0 Å². The van der Waals surface area contributed by atoms with E-state index in [9.17, 15) is 4.79 Å². The van der Waals surface area contributed by atoms with Gasteiger partial charge in [-0.1, -0.05) is 6.42 Å². The summed E-state index contributed by atoms with van der Waals surface area (Å²) in [6, 6.07) is 1.28. The van der Waals surface area contributed by atoms with E-state index in [-0.39, 0.29) is 12.0 Å². The normalized spacial score (nSPS) is 29.6. The molecule has 0 aromatic carbocycles. The predicted octanol–water partition coefficient (Wildman–Crippen LogP) is 1.84. The largest absolute Gasteiger partial charge is 0.342 e. The van der Waals surface area contributed by atoms with Crippen molar-refractivity contribution in [3.05, 3.63) is 0 Å². The van der Waals surface area contributed by atoms with E-state index < -0.39 is 0 Å². The minimum absolute atomic E-state index is 0.173. The van der Waals surface area contributed by atoms with Gasteiger partial charge in [-0.3, -0.25) is 4.79 Å². The smallest absolute Gasteiger partial charge is 0.225 e. The molecule has 2 N–H and O–H groups in total. The number of piperidine rings is 1. The Kier molecular flexibility index (Phi) is 5.44. The van der Waals surface area contributed by atoms with Gasteiger partial charge in [0.15, 0.2) is 0 Å². The maximum atomic E-state index is 12.6. The highest BCUT2D eigenvalue weighted by Crippen LogP contribution is 2.27. The molecule has 2 atom stereocenters. The third-order valence-corrected chi connectivity index (χ3v) is 5.19. The summed E-state index contributed by atoms with van der Waals surface area (Å²) < 4.78 is 0. The van der Waals surface area contributed by atoms with Crippen LogP contribution in [-0.4, -0.2) is 54.0 Å². The lowest BCUT2D eigenvalue weighted by Gasteiger charge is -2.40. The number of amides is 1. The van der Waals surface area contributed by atoms with E-state index in [1.165, 1.54) is 0 Å². The third kappa shape index (κ3) is 3.73. The Hall–Kier alpha value is -0.610. The van der Waals surface area contributed by atoms with Crippen LogP contribution >= 0.6 is 0 Å². The molecule has 1 saturated heterocycles. The van der Waals surface area contributed by atoms with Gasteiger partial charge < -0.3 is 15.5 Å². The molecule has 4 heteroatoms. The topological polar surface area (TPSA) is 49.6 Å². The van der Waals surface area contributed by atoms with Crippen molar-refractivity contribution in [2.75, 3.05) is 20.1 Å². The molecule has 0 radical (unpaired) electrons. The van der Waals surface area contributed by atoms with Gasteiger partial charge in [0.1, 0.15) is 0 Å². The van der Waals surface area contributed by atoms with Crippen molar-refractivity contribution in [1.82, 2.24) is 9.80 Å². The molecule has 1 heterocycles. The molecule has 0 aromatic heterocycles. The molecular formula is C16H31N3O. The zero-order chi connectivity index (χ0) is 14.7. The fraction of sp³-hybridized carbons (Fsp3) is 0.938. The molecule has 2 fully saturated rings. The molecule has 2 aliphatic rings. The number of carbonyl (C=O) groups excluding carboxylic acids is 1. The average Bonchev–Trinajstić information content (AvgIpc) is 2.46. The lowest BCUT2D eigenvalue weighted by molar-refractivity contribution is -0.138. The van der Waals surface area contributed by atoms with Crippen molar-refractivity contribution in [3.63, 3.8) is 0 Å². The molecule has 1 aliphatic carbocycles. The summed E-state index contributed by atoms with van der Waals surface area (Å²) in [4.78, 5) is 17.1. The highest BCUT2D eigenvalue weighted by molar-refractivity contribution is 5.79. The second kappa shape index (κ2) is 6.90. The van der Waals surface area contributed by atoms with Gasteiger partial charge in [-0.15, -0.1) is 0 Å². The standard InChI is InChI=1S/C16H31N3O/c1-12(2)19-9-7-15(8-10-19)18(3)16(20)13-5-4-6-14(17)11-13/h12-15H,4-11,17H2,1-3H3. The fourth-order valence-corrected chi connectivity index (χ4v) is 3.71. The van der Waals surface area contributed by atoms with Gasteiger partial charge in [0, 0.05) is 44.2 Å². The number of hydrogen-bond acceptors (Lipinski definition) is 3. The van der Waals surface area contributed by atoms with Gasteiger partial charge >= 0.3 is 0 Å². The number of rotatable bonds is 3. The molecule has 20 heavy (non-hydrogen) atoms. The van der Waals surface area contributed by atoms with Gasteiger partial charge in [-0.2, -0.15) is 0 Å². The third-order valence-electron chi connectivity index (χ3n) is 5.19. The number of hydrogen-bond donors (Lipinski definition) is 1. The summed E-state index contributed by atoms with van der Waals surface area (Å²) in [5, 5.41) is 0. The van der Waals surface area contributed by atoms with Gasteiger partial charge in [-0.05, 0) is 46.0 Å². The van der Waals surface area contributed by atoms with E-state index >= 15 is 0 Å². The SMILES string of the molecule is CC(C)N1CCC(N(C)C(=O)C2CCCC(N)C2)CC1. The fourth-order valence-electron chi connectivity index (χ4n) is 3.71. The zero-order valence-electron chi connectivity index (χ0n) is 13.3. The van der Waals surface area contributed by atoms with Crippen LogP contribution in [0.3, 0.4) is 0 Å². The quantitative estimate of drug-likeness (QED) is 0.858. The summed E-state index contributed by atoms with van der Waals surface area (Å²) >= 11 is 0. The first kappa shape index (κ1) is 15.8. The molecule has 4 nitrogen and oxygen atoms in total. The Bertz CT molecular complexity index is 324. The molecule has 0 bridgehead atoms. The molecule has 2 unspecified atom stereocenters. The summed E-state index contributed by atoms with van der Waals surface area (Å²) in [6.45, 7) is 6.73. The molecule has 1 saturated carbocycles. The van der Waals surface area contributed by atoms with Crippen LogP contribution in [0.25, 0.3) is 0 Å². The van der Waals surface area contributed by atoms with Gasteiger partial charge in [0.05, 0.1) is 0 Å². The maximum absolute atomic E-state index is 12.6. The van der Waals surface area contributed by atoms with Crippen LogP contribution < -0.4 is 5.73 Å². The number of nitrogens with two attached hydrogens (primary N) is 1. The summed E-state index contributed by atoms with van der Waals surface area (Å²) in [5.74, 6) is 0.509. The number of nitrogens with zero attached hydrogens (tertiary/aromatic N) is 2. The molecule has 1 amide bonds. The first-order valence-corrected chi connectivity index (χ1v) is 8.25. The van der Waals surface area contributed by atoms with E-state index in [0.717, 1.165) is 51.6 Å². The number of likely N-dealkylation sites (tertiary alicyclic amines) is 1. The van der Waals surface area contributed by atoms with Crippen molar-refractivity contribution < 1.29 is 4.79 Å². The monoisotopic (exact) mass is 281 g/mol. The second-order valence-corrected chi connectivity index (χ2v) is 6.93. The first-order chi connectivity index (χ1) is 9.49.